The van der Waals surface area contributed by atoms with E-state index >= 15 is 0 Å². The lowest BCUT2D eigenvalue weighted by atomic mass is 10.1. The Kier molecular flexibility index (Phi) is 5.83. The molecule has 0 saturated heterocycles. The van der Waals surface area contributed by atoms with Crippen molar-refractivity contribution in [3.8, 4) is 0 Å². The van der Waals surface area contributed by atoms with Crippen LogP contribution in [0.15, 0.2) is 23.1 Å². The molecule has 0 spiro atoms. The Morgan fingerprint density at radius 3 is 2.57 bits per heavy atom. The summed E-state index contributed by atoms with van der Waals surface area (Å²) < 4.78 is 32.4. The number of carbonyl (C=O) groups excluding carboxylic acids is 1. The molecule has 2 aromatic rings. The van der Waals surface area contributed by atoms with Crippen LogP contribution in [-0.4, -0.2) is 39.3 Å². The predicted octanol–water partition coefficient (Wildman–Crippen LogP) is 2.53. The quantitative estimate of drug-likeness (QED) is 0.651. The summed E-state index contributed by atoms with van der Waals surface area (Å²) in [6, 6.07) is 4.99. The fourth-order valence-electron chi connectivity index (χ4n) is 3.61. The van der Waals surface area contributed by atoms with Gasteiger partial charge in [0.1, 0.15) is 0 Å². The molecule has 152 valence electrons. The van der Waals surface area contributed by atoms with E-state index in [0.717, 1.165) is 17.5 Å². The summed E-state index contributed by atoms with van der Waals surface area (Å²) in [5.41, 5.74) is 1.88. The van der Waals surface area contributed by atoms with Crippen molar-refractivity contribution >= 4 is 15.8 Å². The van der Waals surface area contributed by atoms with Gasteiger partial charge in [-0.05, 0) is 66.8 Å². The number of nitrogens with zero attached hydrogens (tertiary/aromatic N) is 4. The minimum atomic E-state index is -3.88. The Hall–Kier alpha value is -2.29. The van der Waals surface area contributed by atoms with E-state index in [-0.39, 0.29) is 24.3 Å². The molecular weight excluding hydrogens is 380 g/mol. The molecule has 8 nitrogen and oxygen atoms in total. The Bertz CT molecular complexity index is 962. The molecule has 3 rings (SSSR count). The zero-order valence-corrected chi connectivity index (χ0v) is 17.3. The standard InChI is InChI=1S/C19H26N4O4S/c1-4-11-23-17(20-21-22-23)13-27-18(24)19(9-5-6-10-19)28(25,26)16-8-7-14(2)15(3)12-16/h7-8,12H,4-6,9-11,13H2,1-3H3. The fraction of sp³-hybridized carbons (Fsp3) is 0.579. The van der Waals surface area contributed by atoms with Crippen LogP contribution in [0.25, 0.3) is 0 Å². The van der Waals surface area contributed by atoms with Gasteiger partial charge in [0.15, 0.2) is 27.0 Å². The lowest BCUT2D eigenvalue weighted by Crippen LogP contribution is -2.45. The van der Waals surface area contributed by atoms with Gasteiger partial charge < -0.3 is 4.74 Å². The maximum Gasteiger partial charge on any atom is 0.328 e. The molecule has 0 bridgehead atoms. The first-order valence-corrected chi connectivity index (χ1v) is 11.0. The number of esters is 1. The average Bonchev–Trinajstić information content (AvgIpc) is 3.32. The Labute approximate surface area is 165 Å². The zero-order valence-electron chi connectivity index (χ0n) is 16.5. The topological polar surface area (TPSA) is 104 Å². The Morgan fingerprint density at radius 1 is 1.21 bits per heavy atom. The third-order valence-electron chi connectivity index (χ3n) is 5.46. The van der Waals surface area contributed by atoms with Crippen molar-refractivity contribution in [3.63, 3.8) is 0 Å². The highest BCUT2D eigenvalue weighted by atomic mass is 32.2. The van der Waals surface area contributed by atoms with Crippen molar-refractivity contribution in [1.29, 1.82) is 0 Å². The Balaban J connectivity index is 1.87. The van der Waals surface area contributed by atoms with E-state index < -0.39 is 20.6 Å². The monoisotopic (exact) mass is 406 g/mol. The van der Waals surface area contributed by atoms with Gasteiger partial charge in [0.2, 0.25) is 0 Å². The van der Waals surface area contributed by atoms with Crippen LogP contribution in [0.5, 0.6) is 0 Å². The van der Waals surface area contributed by atoms with Crippen LogP contribution in [-0.2, 0) is 32.5 Å². The lowest BCUT2D eigenvalue weighted by Gasteiger charge is -2.26. The second-order valence-electron chi connectivity index (χ2n) is 7.35. The smallest absolute Gasteiger partial charge is 0.328 e. The SMILES string of the molecule is CCCn1nnnc1COC(=O)C1(S(=O)(=O)c2ccc(C)c(C)c2)CCCC1. The molecule has 1 saturated carbocycles. The summed E-state index contributed by atoms with van der Waals surface area (Å²) in [7, 11) is -3.88. The first-order chi connectivity index (χ1) is 13.3. The van der Waals surface area contributed by atoms with Gasteiger partial charge in [-0.15, -0.1) is 5.10 Å². The van der Waals surface area contributed by atoms with Gasteiger partial charge in [0.05, 0.1) is 4.90 Å². The first kappa shape index (κ1) is 20.4. The molecule has 28 heavy (non-hydrogen) atoms. The number of tetrazole rings is 1. The van der Waals surface area contributed by atoms with Crippen LogP contribution in [0.2, 0.25) is 0 Å². The maximum absolute atomic E-state index is 13.4. The molecule has 0 amide bonds. The highest BCUT2D eigenvalue weighted by Gasteiger charge is 2.54. The first-order valence-electron chi connectivity index (χ1n) is 9.56. The molecule has 1 aliphatic rings. The van der Waals surface area contributed by atoms with Gasteiger partial charge in [0.25, 0.3) is 0 Å². The van der Waals surface area contributed by atoms with E-state index in [1.54, 1.807) is 22.9 Å². The second kappa shape index (κ2) is 7.98. The largest absolute Gasteiger partial charge is 0.456 e. The third-order valence-corrected chi connectivity index (χ3v) is 7.94. The third kappa shape index (κ3) is 3.55. The van der Waals surface area contributed by atoms with Gasteiger partial charge >= 0.3 is 5.97 Å². The van der Waals surface area contributed by atoms with Crippen LogP contribution in [0.4, 0.5) is 0 Å². The van der Waals surface area contributed by atoms with Crippen molar-refractivity contribution in [1.82, 2.24) is 20.2 Å². The van der Waals surface area contributed by atoms with Crippen molar-refractivity contribution in [3.05, 3.63) is 35.2 Å². The van der Waals surface area contributed by atoms with Crippen molar-refractivity contribution in [2.75, 3.05) is 0 Å². The molecule has 0 unspecified atom stereocenters. The molecular formula is C19H26N4O4S. The predicted molar refractivity (Wildman–Crippen MR) is 102 cm³/mol. The van der Waals surface area contributed by atoms with E-state index in [1.165, 1.54) is 0 Å². The number of aryl methyl sites for hydroxylation is 3. The van der Waals surface area contributed by atoms with Crippen LogP contribution >= 0.6 is 0 Å². The average molecular weight is 407 g/mol. The number of aromatic nitrogens is 4. The van der Waals surface area contributed by atoms with Gasteiger partial charge in [-0.25, -0.2) is 13.1 Å². The van der Waals surface area contributed by atoms with E-state index in [9.17, 15) is 13.2 Å². The lowest BCUT2D eigenvalue weighted by molar-refractivity contribution is -0.148. The second-order valence-corrected chi connectivity index (χ2v) is 9.61. The minimum Gasteiger partial charge on any atom is -0.456 e. The highest BCUT2D eigenvalue weighted by Crippen LogP contribution is 2.42. The molecule has 9 heteroatoms. The number of carbonyl (C=O) groups is 1. The maximum atomic E-state index is 13.4. The van der Waals surface area contributed by atoms with Crippen LogP contribution in [0.1, 0.15) is 56.0 Å². The molecule has 1 fully saturated rings. The number of hydrogen-bond acceptors (Lipinski definition) is 7. The number of rotatable bonds is 7. The van der Waals surface area contributed by atoms with Crippen molar-refractivity contribution in [2.24, 2.45) is 0 Å². The number of benzene rings is 1. The number of hydrogen-bond donors (Lipinski definition) is 0. The van der Waals surface area contributed by atoms with Gasteiger partial charge in [-0.3, -0.25) is 4.79 Å². The summed E-state index contributed by atoms with van der Waals surface area (Å²) >= 11 is 0. The van der Waals surface area contributed by atoms with Crippen LogP contribution in [0, 0.1) is 13.8 Å². The fourth-order valence-corrected chi connectivity index (χ4v) is 5.74. The molecule has 1 heterocycles. The highest BCUT2D eigenvalue weighted by molar-refractivity contribution is 7.93. The van der Waals surface area contributed by atoms with Crippen LogP contribution in [0.3, 0.4) is 0 Å². The molecule has 1 aromatic heterocycles. The van der Waals surface area contributed by atoms with E-state index in [4.69, 9.17) is 4.74 Å². The molecule has 1 aromatic carbocycles. The molecule has 0 radical (unpaired) electrons. The zero-order chi connectivity index (χ0) is 20.4. The van der Waals surface area contributed by atoms with E-state index in [0.29, 0.717) is 25.2 Å². The summed E-state index contributed by atoms with van der Waals surface area (Å²) in [5.74, 6) is -0.304. The Morgan fingerprint density at radius 2 is 1.93 bits per heavy atom. The molecule has 0 atom stereocenters. The van der Waals surface area contributed by atoms with Crippen molar-refractivity contribution in [2.45, 2.75) is 75.7 Å². The molecule has 0 N–H and O–H groups in total. The van der Waals surface area contributed by atoms with Gasteiger partial charge in [-0.2, -0.15) is 0 Å². The summed E-state index contributed by atoms with van der Waals surface area (Å²) in [4.78, 5) is 13.2. The van der Waals surface area contributed by atoms with Gasteiger partial charge in [-0.1, -0.05) is 25.8 Å². The number of ether oxygens (including phenoxy) is 1. The van der Waals surface area contributed by atoms with E-state index in [1.807, 2.05) is 20.8 Å². The summed E-state index contributed by atoms with van der Waals surface area (Å²) in [6.45, 7) is 6.23. The molecule has 0 aliphatic heterocycles. The van der Waals surface area contributed by atoms with E-state index in [2.05, 4.69) is 15.5 Å². The van der Waals surface area contributed by atoms with Crippen molar-refractivity contribution < 1.29 is 17.9 Å². The summed E-state index contributed by atoms with van der Waals surface area (Å²) in [5, 5.41) is 11.3. The van der Waals surface area contributed by atoms with Gasteiger partial charge in [0, 0.05) is 6.54 Å². The molecule has 1 aliphatic carbocycles. The number of sulfone groups is 1. The summed E-state index contributed by atoms with van der Waals surface area (Å²) in [6.07, 6.45) is 2.71. The van der Waals surface area contributed by atoms with Crippen LogP contribution < -0.4 is 0 Å². The minimum absolute atomic E-state index is 0.143. The normalized spacial score (nSPS) is 16.2.